The van der Waals surface area contributed by atoms with Crippen molar-refractivity contribution in [3.63, 3.8) is 0 Å². The molecule has 0 bridgehead atoms. The number of piperazine rings is 1. The predicted octanol–water partition coefficient (Wildman–Crippen LogP) is 13.8. The van der Waals surface area contributed by atoms with Gasteiger partial charge in [0.15, 0.2) is 0 Å². The number of aromatic nitrogens is 9. The van der Waals surface area contributed by atoms with Crippen molar-refractivity contribution in [1.82, 2.24) is 59.6 Å². The number of benzene rings is 3. The zero-order valence-electron chi connectivity index (χ0n) is 55.9. The van der Waals surface area contributed by atoms with E-state index in [1.165, 1.54) is 42.8 Å². The Morgan fingerprint density at radius 2 is 1.03 bits per heavy atom. The number of nitrogens with one attached hydrogen (secondary N) is 6. The standard InChI is InChI=1S/C26H30N6S.C24H25ClN6OS.C23H24ClN7S/c1-16-4-5-21-22(10-16)29-24(33)13-19-14-28-26(31-25(19)21)30-23-15-27-20(11-17(23)2)12-18-6-8-32(3)9-7-18;1-15-20(10-16(13-26-15)4-5-31-6-8-32-9-7-31)29-24-27-14-17-11-22(33)28-21-12-18(25)2-3-19(21)23(17)30-24;1-14-18(5-6-20(26-14)31-9-7-30(2)8-10-31)28-23-25-13-15-11-21(32)27-19-12-16(24)3-4-17(19)22(15)29-23/h4-5,10-11,14-15,18H,6-9,12-13H2,1-3H3,(H,29,33)(H,28,30,31);2-3,10,12-14H,4-9,11H2,1H3,(H,28,33)(H,27,29,30);3-6,12-13H,7-11H2,1-2H3,(H,27,32)(H,25,28,29). The summed E-state index contributed by atoms with van der Waals surface area (Å²) >= 11 is 28.9. The monoisotopic (exact) mass is 1400 g/mol. The Hall–Kier alpha value is -8.36. The molecule has 0 radical (unpaired) electrons. The summed E-state index contributed by atoms with van der Waals surface area (Å²) in [5.41, 5.74) is 20.5. The van der Waals surface area contributed by atoms with Crippen LogP contribution in [0.1, 0.15) is 63.3 Å². The Labute approximate surface area is 598 Å². The van der Waals surface area contributed by atoms with Crippen LogP contribution in [0.25, 0.3) is 33.8 Å². The van der Waals surface area contributed by atoms with Crippen LogP contribution in [0.3, 0.4) is 0 Å². The summed E-state index contributed by atoms with van der Waals surface area (Å²) < 4.78 is 5.44. The second-order valence-corrected chi connectivity index (χ2v) is 28.2. The van der Waals surface area contributed by atoms with E-state index in [0.29, 0.717) is 47.2 Å². The zero-order chi connectivity index (χ0) is 68.0. The molecule has 9 aromatic rings. The van der Waals surface area contributed by atoms with E-state index in [2.05, 4.69) is 142 Å². The van der Waals surface area contributed by atoms with Gasteiger partial charge in [-0.15, -0.1) is 0 Å². The Bertz CT molecular complexity index is 4480. The van der Waals surface area contributed by atoms with Crippen molar-refractivity contribution in [3.8, 4) is 33.8 Å². The summed E-state index contributed by atoms with van der Waals surface area (Å²) in [5, 5.41) is 21.3. The fourth-order valence-electron chi connectivity index (χ4n) is 12.8. The summed E-state index contributed by atoms with van der Waals surface area (Å²) in [4.78, 5) is 54.1. The van der Waals surface area contributed by atoms with Crippen molar-refractivity contribution >= 4 is 133 Å². The number of thiocarbonyl (C=S) groups is 3. The number of likely N-dealkylation sites (tertiary alicyclic amines) is 1. The van der Waals surface area contributed by atoms with Gasteiger partial charge >= 0.3 is 0 Å². The average Bonchev–Trinajstić information content (AvgIpc) is 1.56. The number of morpholine rings is 1. The van der Waals surface area contributed by atoms with Crippen LogP contribution in [0.4, 0.5) is 57.8 Å². The molecule has 3 fully saturated rings. The molecule has 0 amide bonds. The number of ether oxygens (including phenoxy) is 1. The molecule has 0 atom stereocenters. The topological polar surface area (TPSA) is 210 Å². The normalized spacial score (nSPS) is 16.2. The van der Waals surface area contributed by atoms with E-state index < -0.39 is 0 Å². The second kappa shape index (κ2) is 30.8. The number of piperidine rings is 1. The van der Waals surface area contributed by atoms with Crippen LogP contribution < -0.4 is 36.8 Å². The minimum atomic E-state index is 0.523. The lowest BCUT2D eigenvalue weighted by atomic mass is 9.92. The first-order chi connectivity index (χ1) is 47.4. The number of rotatable bonds is 12. The van der Waals surface area contributed by atoms with Crippen LogP contribution in [0.2, 0.25) is 10.0 Å². The van der Waals surface area contributed by atoms with Crippen molar-refractivity contribution in [3.05, 3.63) is 170 Å². The molecule has 0 spiro atoms. The predicted molar refractivity (Wildman–Crippen MR) is 408 cm³/mol. The van der Waals surface area contributed by atoms with Crippen LogP contribution in [-0.2, 0) is 36.8 Å². The van der Waals surface area contributed by atoms with E-state index in [4.69, 9.17) is 89.5 Å². The number of hydrogen-bond acceptors (Lipinski definition) is 20. The third-order valence-electron chi connectivity index (χ3n) is 18.5. The van der Waals surface area contributed by atoms with Gasteiger partial charge in [0.2, 0.25) is 17.8 Å². The highest BCUT2D eigenvalue weighted by Gasteiger charge is 2.26. The molecule has 504 valence electrons. The van der Waals surface area contributed by atoms with Crippen LogP contribution in [0, 0.1) is 33.6 Å². The third kappa shape index (κ3) is 16.8. The maximum absolute atomic E-state index is 6.21. The average molecular weight is 1410 g/mol. The number of aryl methyl sites for hydroxylation is 4. The molecular formula is C73H79Cl2N19OS3. The van der Waals surface area contributed by atoms with Crippen molar-refractivity contribution in [2.45, 2.75) is 72.6 Å². The summed E-state index contributed by atoms with van der Waals surface area (Å²) in [6.45, 7) is 19.2. The maximum Gasteiger partial charge on any atom is 0.227 e. The Morgan fingerprint density at radius 3 is 1.58 bits per heavy atom. The highest BCUT2D eigenvalue weighted by Crippen LogP contribution is 2.39. The summed E-state index contributed by atoms with van der Waals surface area (Å²) in [6, 6.07) is 26.2. The highest BCUT2D eigenvalue weighted by atomic mass is 35.5. The fourth-order valence-corrected chi connectivity index (χ4v) is 14.0. The molecule has 0 saturated carbocycles. The van der Waals surface area contributed by atoms with E-state index in [1.807, 2.05) is 81.2 Å². The van der Waals surface area contributed by atoms with Gasteiger partial charge in [0, 0.05) is 156 Å². The largest absolute Gasteiger partial charge is 0.379 e. The number of nitrogens with zero attached hydrogens (tertiary/aromatic N) is 13. The van der Waals surface area contributed by atoms with Crippen LogP contribution >= 0.6 is 59.9 Å². The molecule has 15 rings (SSSR count). The summed E-state index contributed by atoms with van der Waals surface area (Å²) in [7, 11) is 4.36. The molecule has 12 heterocycles. The van der Waals surface area contributed by atoms with Gasteiger partial charge in [0.05, 0.1) is 79.9 Å². The van der Waals surface area contributed by atoms with Gasteiger partial charge in [-0.2, -0.15) is 0 Å². The van der Waals surface area contributed by atoms with Gasteiger partial charge in [0.1, 0.15) is 5.82 Å². The molecule has 20 nitrogen and oxygen atoms in total. The number of halogens is 2. The first-order valence-corrected chi connectivity index (χ1v) is 35.2. The van der Waals surface area contributed by atoms with E-state index in [0.717, 1.165) is 200 Å². The Kier molecular flexibility index (Phi) is 21.4. The minimum absolute atomic E-state index is 0.523. The molecular weight excluding hydrogens is 1330 g/mol. The van der Waals surface area contributed by atoms with Crippen LogP contribution in [-0.4, -0.2) is 161 Å². The van der Waals surface area contributed by atoms with Gasteiger partial charge in [-0.3, -0.25) is 14.9 Å². The lowest BCUT2D eigenvalue weighted by Gasteiger charge is -2.33. The summed E-state index contributed by atoms with van der Waals surface area (Å²) in [5.74, 6) is 3.35. The second-order valence-electron chi connectivity index (χ2n) is 25.9. The highest BCUT2D eigenvalue weighted by molar-refractivity contribution is 7.81. The molecule has 98 heavy (non-hydrogen) atoms. The Morgan fingerprint density at radius 1 is 0.510 bits per heavy atom. The molecule has 6 aromatic heterocycles. The molecule has 3 saturated heterocycles. The fraction of sp³-hybridized carbons (Fsp3) is 0.342. The Balaban J connectivity index is 0.000000132. The SMILES string of the molecule is Cc1ccc2c(c1)NC(=S)Cc1cnc(Nc3cnc(CC4CCN(C)CC4)cc3C)nc1-2.Cc1nc(N2CCN(C)CC2)ccc1Nc1ncc2c(n1)-c1ccc(Cl)cc1NC(=S)C2.Cc1ncc(CCN2CCOCC2)cc1Nc1ncc2c(n1)-c1ccc(Cl)cc1NC(=S)C2. The molecule has 6 aliphatic rings. The number of pyridine rings is 3. The van der Waals surface area contributed by atoms with E-state index in [1.54, 1.807) is 0 Å². The van der Waals surface area contributed by atoms with Gasteiger partial charge in [-0.1, -0.05) is 72.0 Å². The molecule has 0 aliphatic carbocycles. The number of fused-ring (bicyclic) bond motifs is 9. The first-order valence-electron chi connectivity index (χ1n) is 33.3. The zero-order valence-corrected chi connectivity index (χ0v) is 59.9. The van der Waals surface area contributed by atoms with Crippen LogP contribution in [0.15, 0.2) is 110 Å². The van der Waals surface area contributed by atoms with Gasteiger partial charge in [-0.25, -0.2) is 34.9 Å². The van der Waals surface area contributed by atoms with E-state index >= 15 is 0 Å². The van der Waals surface area contributed by atoms with Gasteiger partial charge in [-0.05, 0) is 170 Å². The maximum atomic E-state index is 6.21. The number of likely N-dealkylation sites (N-methyl/N-ethyl adjacent to an activating group) is 1. The van der Waals surface area contributed by atoms with Crippen molar-refractivity contribution in [2.24, 2.45) is 5.92 Å². The van der Waals surface area contributed by atoms with Gasteiger partial charge < -0.3 is 51.3 Å². The van der Waals surface area contributed by atoms with Crippen molar-refractivity contribution in [1.29, 1.82) is 0 Å². The molecule has 3 aromatic carbocycles. The van der Waals surface area contributed by atoms with Crippen molar-refractivity contribution in [2.75, 3.05) is 123 Å². The quantitative estimate of drug-likeness (QED) is 0.0628. The minimum Gasteiger partial charge on any atom is -0.379 e. The van der Waals surface area contributed by atoms with E-state index in [9.17, 15) is 0 Å². The summed E-state index contributed by atoms with van der Waals surface area (Å²) in [6.07, 6.45) is 15.7. The molecule has 0 unspecified atom stereocenters. The molecule has 6 N–H and O–H groups in total. The van der Waals surface area contributed by atoms with Crippen LogP contribution in [0.5, 0.6) is 0 Å². The lowest BCUT2D eigenvalue weighted by Crippen LogP contribution is -2.44. The smallest absolute Gasteiger partial charge is 0.227 e. The molecule has 25 heteroatoms. The number of anilines is 10. The first kappa shape index (κ1) is 68.2. The van der Waals surface area contributed by atoms with Gasteiger partial charge in [0.25, 0.3) is 0 Å². The number of hydrogen-bond donors (Lipinski definition) is 6. The lowest BCUT2D eigenvalue weighted by molar-refractivity contribution is 0.0384. The van der Waals surface area contributed by atoms with Crippen molar-refractivity contribution < 1.29 is 4.74 Å². The van der Waals surface area contributed by atoms with E-state index in [-0.39, 0.29) is 0 Å². The molecule has 6 aliphatic heterocycles. The third-order valence-corrected chi connectivity index (χ3v) is 19.7.